The van der Waals surface area contributed by atoms with Gasteiger partial charge in [-0.25, -0.2) is 4.99 Å². The zero-order chi connectivity index (χ0) is 10.6. The van der Waals surface area contributed by atoms with E-state index in [0.29, 0.717) is 12.5 Å². The number of nitrogens with zero attached hydrogens (tertiary/aromatic N) is 1. The van der Waals surface area contributed by atoms with Crippen LogP contribution in [0.5, 0.6) is 0 Å². The van der Waals surface area contributed by atoms with Crippen LogP contribution in [0, 0.1) is 0 Å². The standard InChI is InChI=1S/C10H17N3S.HI/c1-10(2,3)13-9(11)12-6-8-4-5-14-7-8;/h4-5,7H,6H2,1-3H3,(H3,11,12,13);1H. The van der Waals surface area contributed by atoms with Crippen LogP contribution in [-0.4, -0.2) is 11.5 Å². The second-order valence-electron chi connectivity index (χ2n) is 4.21. The quantitative estimate of drug-likeness (QED) is 0.494. The minimum absolute atomic E-state index is 0. The fourth-order valence-corrected chi connectivity index (χ4v) is 1.64. The molecule has 0 spiro atoms. The molecule has 0 saturated carbocycles. The molecule has 0 aliphatic heterocycles. The highest BCUT2D eigenvalue weighted by molar-refractivity contribution is 14.0. The fourth-order valence-electron chi connectivity index (χ4n) is 0.983. The van der Waals surface area contributed by atoms with Crippen molar-refractivity contribution in [1.82, 2.24) is 5.32 Å². The van der Waals surface area contributed by atoms with Gasteiger partial charge in [-0.15, -0.1) is 24.0 Å². The molecule has 0 aliphatic carbocycles. The normalized spacial score (nSPS) is 12.1. The van der Waals surface area contributed by atoms with Crippen LogP contribution in [0.25, 0.3) is 0 Å². The van der Waals surface area contributed by atoms with Crippen molar-refractivity contribution in [3.63, 3.8) is 0 Å². The largest absolute Gasteiger partial charge is 0.370 e. The molecule has 0 aliphatic rings. The molecule has 0 radical (unpaired) electrons. The summed E-state index contributed by atoms with van der Waals surface area (Å²) in [6.07, 6.45) is 0. The van der Waals surface area contributed by atoms with Crippen LogP contribution in [0.15, 0.2) is 21.8 Å². The molecule has 5 heteroatoms. The zero-order valence-corrected chi connectivity index (χ0v) is 12.4. The van der Waals surface area contributed by atoms with E-state index in [1.807, 2.05) is 5.38 Å². The Balaban J connectivity index is 0.00000196. The van der Waals surface area contributed by atoms with E-state index in [1.54, 1.807) is 11.3 Å². The highest BCUT2D eigenvalue weighted by Crippen LogP contribution is 2.06. The van der Waals surface area contributed by atoms with Crippen LogP contribution < -0.4 is 11.1 Å². The van der Waals surface area contributed by atoms with E-state index < -0.39 is 0 Å². The van der Waals surface area contributed by atoms with Crippen LogP contribution in [0.1, 0.15) is 26.3 Å². The number of hydrogen-bond acceptors (Lipinski definition) is 2. The summed E-state index contributed by atoms with van der Waals surface area (Å²) >= 11 is 1.67. The summed E-state index contributed by atoms with van der Waals surface area (Å²) < 4.78 is 0. The Morgan fingerprint density at radius 2 is 2.20 bits per heavy atom. The van der Waals surface area contributed by atoms with Gasteiger partial charge < -0.3 is 11.1 Å². The molecule has 0 fully saturated rings. The second-order valence-corrected chi connectivity index (χ2v) is 4.99. The van der Waals surface area contributed by atoms with Crippen molar-refractivity contribution < 1.29 is 0 Å². The molecular weight excluding hydrogens is 321 g/mol. The number of guanidine groups is 1. The lowest BCUT2D eigenvalue weighted by Gasteiger charge is -2.20. The number of hydrogen-bond donors (Lipinski definition) is 2. The summed E-state index contributed by atoms with van der Waals surface area (Å²) in [5.74, 6) is 0.503. The van der Waals surface area contributed by atoms with Crippen LogP contribution >= 0.6 is 35.3 Å². The fraction of sp³-hybridized carbons (Fsp3) is 0.500. The predicted molar refractivity (Wildman–Crippen MR) is 77.9 cm³/mol. The molecule has 0 saturated heterocycles. The molecule has 1 aromatic heterocycles. The summed E-state index contributed by atoms with van der Waals surface area (Å²) in [6.45, 7) is 6.82. The maximum Gasteiger partial charge on any atom is 0.189 e. The van der Waals surface area contributed by atoms with Crippen molar-refractivity contribution in [3.05, 3.63) is 22.4 Å². The number of nitrogens with one attached hydrogen (secondary N) is 1. The van der Waals surface area contributed by atoms with Crippen molar-refractivity contribution in [1.29, 1.82) is 0 Å². The minimum atomic E-state index is -0.0256. The van der Waals surface area contributed by atoms with Gasteiger partial charge in [0, 0.05) is 5.54 Å². The molecule has 1 aromatic rings. The number of nitrogens with two attached hydrogens (primary N) is 1. The Hall–Kier alpha value is -0.300. The third-order valence-electron chi connectivity index (χ3n) is 1.52. The van der Waals surface area contributed by atoms with Crippen molar-refractivity contribution in [3.8, 4) is 0 Å². The second kappa shape index (κ2) is 6.32. The zero-order valence-electron chi connectivity index (χ0n) is 9.28. The maximum absolute atomic E-state index is 5.72. The van der Waals surface area contributed by atoms with E-state index >= 15 is 0 Å². The summed E-state index contributed by atoms with van der Waals surface area (Å²) in [5.41, 5.74) is 6.90. The molecule has 1 rings (SSSR count). The van der Waals surface area contributed by atoms with E-state index in [1.165, 1.54) is 5.56 Å². The van der Waals surface area contributed by atoms with Gasteiger partial charge in [-0.3, -0.25) is 0 Å². The predicted octanol–water partition coefficient (Wildman–Crippen LogP) is 2.57. The number of rotatable bonds is 2. The topological polar surface area (TPSA) is 50.4 Å². The molecular formula is C10H18IN3S. The summed E-state index contributed by atoms with van der Waals surface area (Å²) in [7, 11) is 0. The van der Waals surface area contributed by atoms with Crippen molar-refractivity contribution in [2.45, 2.75) is 32.9 Å². The van der Waals surface area contributed by atoms with Gasteiger partial charge in [0.15, 0.2) is 5.96 Å². The van der Waals surface area contributed by atoms with Gasteiger partial charge in [-0.2, -0.15) is 11.3 Å². The molecule has 15 heavy (non-hydrogen) atoms. The molecule has 3 nitrogen and oxygen atoms in total. The maximum atomic E-state index is 5.72. The number of halogens is 1. The molecule has 0 aromatic carbocycles. The molecule has 0 bridgehead atoms. The van der Waals surface area contributed by atoms with E-state index in [2.05, 4.69) is 42.5 Å². The Morgan fingerprint density at radius 1 is 1.53 bits per heavy atom. The van der Waals surface area contributed by atoms with E-state index in [0.717, 1.165) is 0 Å². The smallest absolute Gasteiger partial charge is 0.189 e. The molecule has 3 N–H and O–H groups in total. The minimum Gasteiger partial charge on any atom is -0.370 e. The van der Waals surface area contributed by atoms with Gasteiger partial charge in [0.25, 0.3) is 0 Å². The van der Waals surface area contributed by atoms with Crippen molar-refractivity contribution in [2.24, 2.45) is 10.7 Å². The van der Waals surface area contributed by atoms with Gasteiger partial charge in [0.05, 0.1) is 6.54 Å². The number of thiophene rings is 1. The SMILES string of the molecule is CC(C)(C)NC(N)=NCc1ccsc1.I. The first-order valence-electron chi connectivity index (χ1n) is 4.56. The summed E-state index contributed by atoms with van der Waals surface area (Å²) in [5, 5.41) is 7.23. The highest BCUT2D eigenvalue weighted by atomic mass is 127. The van der Waals surface area contributed by atoms with Gasteiger partial charge in [0.1, 0.15) is 0 Å². The number of aliphatic imine (C=N–C) groups is 1. The third kappa shape index (κ3) is 6.72. The Kier molecular flexibility index (Phi) is 6.19. The van der Waals surface area contributed by atoms with E-state index in [-0.39, 0.29) is 29.5 Å². The van der Waals surface area contributed by atoms with Gasteiger partial charge in [0.2, 0.25) is 0 Å². The average molecular weight is 339 g/mol. The Labute approximate surface area is 112 Å². The first-order valence-corrected chi connectivity index (χ1v) is 5.51. The monoisotopic (exact) mass is 339 g/mol. The lowest BCUT2D eigenvalue weighted by Crippen LogP contribution is -2.44. The van der Waals surface area contributed by atoms with Gasteiger partial charge >= 0.3 is 0 Å². The van der Waals surface area contributed by atoms with Gasteiger partial charge in [-0.1, -0.05) is 0 Å². The van der Waals surface area contributed by atoms with Crippen molar-refractivity contribution in [2.75, 3.05) is 0 Å². The van der Waals surface area contributed by atoms with E-state index in [4.69, 9.17) is 5.73 Å². The van der Waals surface area contributed by atoms with Crippen molar-refractivity contribution >= 4 is 41.3 Å². The Bertz CT molecular complexity index is 301. The summed E-state index contributed by atoms with van der Waals surface area (Å²) in [6, 6.07) is 2.05. The third-order valence-corrected chi connectivity index (χ3v) is 2.25. The lowest BCUT2D eigenvalue weighted by molar-refractivity contribution is 0.508. The van der Waals surface area contributed by atoms with Crippen LogP contribution in [-0.2, 0) is 6.54 Å². The highest BCUT2D eigenvalue weighted by Gasteiger charge is 2.09. The van der Waals surface area contributed by atoms with Crippen LogP contribution in [0.3, 0.4) is 0 Å². The van der Waals surface area contributed by atoms with Crippen LogP contribution in [0.4, 0.5) is 0 Å². The lowest BCUT2D eigenvalue weighted by atomic mass is 10.1. The molecule has 86 valence electrons. The first-order chi connectivity index (χ1) is 6.47. The Morgan fingerprint density at radius 3 is 2.67 bits per heavy atom. The first kappa shape index (κ1) is 14.7. The molecule has 0 amide bonds. The summed E-state index contributed by atoms with van der Waals surface area (Å²) in [4.78, 5) is 4.24. The average Bonchev–Trinajstić information content (AvgIpc) is 2.49. The van der Waals surface area contributed by atoms with Crippen LogP contribution in [0.2, 0.25) is 0 Å². The molecule has 0 atom stereocenters. The van der Waals surface area contributed by atoms with Gasteiger partial charge in [-0.05, 0) is 43.2 Å². The van der Waals surface area contributed by atoms with E-state index in [9.17, 15) is 0 Å². The molecule has 0 unspecified atom stereocenters. The molecule has 1 heterocycles.